The van der Waals surface area contributed by atoms with Crippen molar-refractivity contribution in [1.82, 2.24) is 5.32 Å². The van der Waals surface area contributed by atoms with Crippen molar-refractivity contribution in [1.29, 1.82) is 0 Å². The molecule has 1 heterocycles. The predicted molar refractivity (Wildman–Crippen MR) is 89.7 cm³/mol. The second kappa shape index (κ2) is 7.47. The van der Waals surface area contributed by atoms with Crippen LogP contribution in [0.1, 0.15) is 13.8 Å². The summed E-state index contributed by atoms with van der Waals surface area (Å²) in [5.41, 5.74) is 6.69. The molecule has 6 heteroatoms. The van der Waals surface area contributed by atoms with Crippen molar-refractivity contribution in [3.05, 3.63) is 36.4 Å². The summed E-state index contributed by atoms with van der Waals surface area (Å²) in [7, 11) is 0. The molecule has 2 atom stereocenters. The van der Waals surface area contributed by atoms with Gasteiger partial charge in [-0.1, -0.05) is 32.1 Å². The molecule has 0 bridgehead atoms. The van der Waals surface area contributed by atoms with E-state index < -0.39 is 6.04 Å². The first-order valence-corrected chi connectivity index (χ1v) is 8.23. The zero-order valence-electron chi connectivity index (χ0n) is 12.7. The summed E-state index contributed by atoms with van der Waals surface area (Å²) in [6, 6.07) is 6.67. The number of nitrogens with one attached hydrogen (secondary N) is 2. The van der Waals surface area contributed by atoms with Gasteiger partial charge in [-0.25, -0.2) is 0 Å². The average Bonchev–Trinajstić information content (AvgIpc) is 2.48. The Kier molecular flexibility index (Phi) is 5.63. The first-order valence-electron chi connectivity index (χ1n) is 7.24. The van der Waals surface area contributed by atoms with Crippen LogP contribution in [0.5, 0.6) is 0 Å². The molecule has 0 fully saturated rings. The maximum absolute atomic E-state index is 12.2. The van der Waals surface area contributed by atoms with E-state index in [-0.39, 0.29) is 23.8 Å². The van der Waals surface area contributed by atoms with Crippen LogP contribution in [0.2, 0.25) is 0 Å². The molecule has 2 rings (SSSR count). The number of hydrogen-bond acceptors (Lipinski definition) is 4. The van der Waals surface area contributed by atoms with Gasteiger partial charge in [-0.15, -0.1) is 11.8 Å². The topological polar surface area (TPSA) is 84.2 Å². The van der Waals surface area contributed by atoms with Gasteiger partial charge in [-0.2, -0.15) is 0 Å². The van der Waals surface area contributed by atoms with Crippen molar-refractivity contribution in [3.8, 4) is 0 Å². The van der Waals surface area contributed by atoms with Crippen LogP contribution in [0, 0.1) is 5.92 Å². The van der Waals surface area contributed by atoms with Crippen molar-refractivity contribution in [2.75, 3.05) is 11.1 Å². The Morgan fingerprint density at radius 3 is 2.73 bits per heavy atom. The third-order valence-corrected chi connectivity index (χ3v) is 4.57. The van der Waals surface area contributed by atoms with Crippen LogP contribution in [-0.4, -0.2) is 29.7 Å². The molecule has 0 spiro atoms. The van der Waals surface area contributed by atoms with E-state index in [1.807, 2.05) is 38.1 Å². The summed E-state index contributed by atoms with van der Waals surface area (Å²) in [4.78, 5) is 25.1. The summed E-state index contributed by atoms with van der Waals surface area (Å²) in [6.07, 6.45) is 3.17. The van der Waals surface area contributed by atoms with E-state index in [9.17, 15) is 9.59 Å². The minimum atomic E-state index is -0.595. The molecule has 0 aliphatic carbocycles. The van der Waals surface area contributed by atoms with Crippen molar-refractivity contribution >= 4 is 29.3 Å². The molecule has 1 aromatic rings. The molecule has 4 N–H and O–H groups in total. The van der Waals surface area contributed by atoms with E-state index in [0.717, 1.165) is 10.6 Å². The standard InChI is InChI=1S/C16H21N3O2S/c1-10(2)12-7-8-15(20)18-13-5-3-4-6-14(13)22-9-11(17)16(21)19-12/h3-8,10-12H,9,17H2,1-2H3,(H,18,20)(H,19,21). The molecule has 1 aliphatic heterocycles. The Balaban J connectivity index is 2.29. The van der Waals surface area contributed by atoms with Gasteiger partial charge in [0.05, 0.1) is 11.7 Å². The van der Waals surface area contributed by atoms with E-state index in [1.165, 1.54) is 17.8 Å². The van der Waals surface area contributed by atoms with Crippen molar-refractivity contribution in [3.63, 3.8) is 0 Å². The number of rotatable bonds is 1. The lowest BCUT2D eigenvalue weighted by atomic mass is 10.0. The summed E-state index contributed by atoms with van der Waals surface area (Å²) in [5, 5.41) is 5.75. The third-order valence-electron chi connectivity index (χ3n) is 3.38. The number of amides is 2. The van der Waals surface area contributed by atoms with Crippen LogP contribution in [0.15, 0.2) is 41.3 Å². The highest BCUT2D eigenvalue weighted by molar-refractivity contribution is 7.99. The van der Waals surface area contributed by atoms with E-state index in [4.69, 9.17) is 5.73 Å². The Labute approximate surface area is 134 Å². The molecule has 1 aromatic carbocycles. The second-order valence-corrected chi connectivity index (χ2v) is 6.60. The fourth-order valence-corrected chi connectivity index (χ4v) is 2.98. The number of anilines is 1. The fraction of sp³-hybridized carbons (Fsp3) is 0.375. The van der Waals surface area contributed by atoms with Gasteiger partial charge < -0.3 is 16.4 Å². The van der Waals surface area contributed by atoms with E-state index in [0.29, 0.717) is 5.75 Å². The van der Waals surface area contributed by atoms with Gasteiger partial charge >= 0.3 is 0 Å². The van der Waals surface area contributed by atoms with Crippen molar-refractivity contribution in [2.24, 2.45) is 11.7 Å². The number of para-hydroxylation sites is 1. The zero-order chi connectivity index (χ0) is 16.1. The maximum atomic E-state index is 12.2. The fourth-order valence-electron chi connectivity index (χ4n) is 2.02. The van der Waals surface area contributed by atoms with Crippen LogP contribution < -0.4 is 16.4 Å². The Bertz CT molecular complexity index is 587. The predicted octanol–water partition coefficient (Wildman–Crippen LogP) is 1.76. The van der Waals surface area contributed by atoms with Crippen molar-refractivity contribution in [2.45, 2.75) is 30.8 Å². The molecular formula is C16H21N3O2S. The van der Waals surface area contributed by atoms with Crippen molar-refractivity contribution < 1.29 is 9.59 Å². The van der Waals surface area contributed by atoms with Crippen LogP contribution in [-0.2, 0) is 9.59 Å². The molecule has 0 saturated heterocycles. The number of benzene rings is 1. The van der Waals surface area contributed by atoms with Gasteiger partial charge in [0.2, 0.25) is 11.8 Å². The number of carbonyl (C=O) groups excluding carboxylic acids is 2. The minimum Gasteiger partial charge on any atom is -0.348 e. The highest BCUT2D eigenvalue weighted by Gasteiger charge is 2.20. The Morgan fingerprint density at radius 2 is 2.00 bits per heavy atom. The van der Waals surface area contributed by atoms with Crippen LogP contribution in [0.4, 0.5) is 5.69 Å². The Hall–Kier alpha value is -1.79. The third kappa shape index (κ3) is 4.35. The number of hydrogen-bond donors (Lipinski definition) is 3. The molecule has 0 saturated carbocycles. The van der Waals surface area contributed by atoms with Gasteiger partial charge in [0.25, 0.3) is 0 Å². The highest BCUT2D eigenvalue weighted by Crippen LogP contribution is 2.27. The Morgan fingerprint density at radius 1 is 1.27 bits per heavy atom. The molecular weight excluding hydrogens is 298 g/mol. The maximum Gasteiger partial charge on any atom is 0.248 e. The van der Waals surface area contributed by atoms with Crippen LogP contribution >= 0.6 is 11.8 Å². The highest BCUT2D eigenvalue weighted by atomic mass is 32.2. The molecule has 0 radical (unpaired) electrons. The van der Waals surface area contributed by atoms with Gasteiger partial charge in [-0.3, -0.25) is 9.59 Å². The normalized spacial score (nSPS) is 23.1. The lowest BCUT2D eigenvalue weighted by Gasteiger charge is -2.22. The molecule has 2 unspecified atom stereocenters. The molecule has 22 heavy (non-hydrogen) atoms. The average molecular weight is 319 g/mol. The van der Waals surface area contributed by atoms with Gasteiger partial charge in [-0.05, 0) is 18.1 Å². The molecule has 1 aliphatic rings. The summed E-state index contributed by atoms with van der Waals surface area (Å²) < 4.78 is 0. The summed E-state index contributed by atoms with van der Waals surface area (Å²) >= 11 is 1.46. The summed E-state index contributed by atoms with van der Waals surface area (Å²) in [5.74, 6) is 0.211. The van der Waals surface area contributed by atoms with Gasteiger partial charge in [0.1, 0.15) is 0 Å². The van der Waals surface area contributed by atoms with E-state index in [2.05, 4.69) is 10.6 Å². The number of carbonyl (C=O) groups is 2. The van der Waals surface area contributed by atoms with Crippen LogP contribution in [0.25, 0.3) is 0 Å². The lowest BCUT2D eigenvalue weighted by molar-refractivity contribution is -0.122. The molecule has 5 nitrogen and oxygen atoms in total. The quantitative estimate of drug-likeness (QED) is 0.736. The minimum absolute atomic E-state index is 0.170. The lowest BCUT2D eigenvalue weighted by Crippen LogP contribution is -2.47. The second-order valence-electron chi connectivity index (χ2n) is 5.54. The largest absolute Gasteiger partial charge is 0.348 e. The molecule has 2 amide bonds. The molecule has 118 valence electrons. The SMILES string of the molecule is CC(C)C1C=CC(=O)Nc2ccccc2SCC(N)C(=O)N1. The van der Waals surface area contributed by atoms with Crippen LogP contribution in [0.3, 0.4) is 0 Å². The first-order chi connectivity index (χ1) is 10.5. The molecule has 0 aromatic heterocycles. The number of thioether (sulfide) groups is 1. The number of nitrogens with two attached hydrogens (primary N) is 1. The van der Waals surface area contributed by atoms with E-state index >= 15 is 0 Å². The van der Waals surface area contributed by atoms with Gasteiger partial charge in [0, 0.05) is 22.8 Å². The summed E-state index contributed by atoms with van der Waals surface area (Å²) in [6.45, 7) is 3.96. The van der Waals surface area contributed by atoms with E-state index in [1.54, 1.807) is 6.08 Å². The number of fused-ring (bicyclic) bond motifs is 1. The van der Waals surface area contributed by atoms with Gasteiger partial charge in [0.15, 0.2) is 0 Å². The monoisotopic (exact) mass is 319 g/mol. The smallest absolute Gasteiger partial charge is 0.248 e. The zero-order valence-corrected chi connectivity index (χ0v) is 13.5. The first kappa shape index (κ1) is 16.6.